The number of aliphatic hydroxyl groups is 5. The summed E-state index contributed by atoms with van der Waals surface area (Å²) in [5.74, 6) is -1.11. The van der Waals surface area contributed by atoms with E-state index in [9.17, 15) is 44.6 Å². The van der Waals surface area contributed by atoms with Gasteiger partial charge >= 0.3 is 19.8 Å². The van der Waals surface area contributed by atoms with Gasteiger partial charge in [-0.3, -0.25) is 18.6 Å². The molecule has 1 aliphatic rings. The number of ether oxygens (including phenoxy) is 2. The molecule has 3 unspecified atom stereocenters. The van der Waals surface area contributed by atoms with Gasteiger partial charge in [0, 0.05) is 12.8 Å². The van der Waals surface area contributed by atoms with E-state index in [1.165, 1.54) is 77.0 Å². The quantitative estimate of drug-likeness (QED) is 0.0153. The number of carbonyl (C=O) groups excluding carboxylic acids is 2. The first-order valence-electron chi connectivity index (χ1n) is 22.1. The second kappa shape index (κ2) is 34.1. The standard InChI is InChI=1S/C43H79O13P/c1-3-5-7-9-11-13-15-17-18-20-22-24-26-28-30-32-37(45)55-35(34-54-57(51,52)56-43-41(49)39(47)38(46)40(48)42(43)50)33-53-36(44)31-29-27-25-23-21-19-16-14-12-10-8-6-4-2/h11,13,17-18,35,38-43,46-50H,3-10,12,14-16,19-34H2,1-2H3,(H,51,52)/b13-11-,18-17-/t35-,38?,39-,40+,41+,42+,43?/m1/s1. The average Bonchev–Trinajstić information content (AvgIpc) is 3.19. The summed E-state index contributed by atoms with van der Waals surface area (Å²) in [4.78, 5) is 35.6. The summed E-state index contributed by atoms with van der Waals surface area (Å²) in [6, 6.07) is 0. The van der Waals surface area contributed by atoms with E-state index in [2.05, 4.69) is 38.2 Å². The molecular weight excluding hydrogens is 755 g/mol. The zero-order valence-electron chi connectivity index (χ0n) is 35.1. The van der Waals surface area contributed by atoms with Gasteiger partial charge in [-0.05, 0) is 44.9 Å². The van der Waals surface area contributed by atoms with Gasteiger partial charge in [0.05, 0.1) is 6.61 Å². The van der Waals surface area contributed by atoms with Crippen LogP contribution in [0.5, 0.6) is 0 Å². The van der Waals surface area contributed by atoms with Gasteiger partial charge in [0.15, 0.2) is 6.10 Å². The lowest BCUT2D eigenvalue weighted by Gasteiger charge is -2.41. The Hall–Kier alpha value is -1.67. The molecular formula is C43H79O13P. The Morgan fingerprint density at radius 2 is 0.947 bits per heavy atom. The molecule has 0 saturated heterocycles. The summed E-state index contributed by atoms with van der Waals surface area (Å²) < 4.78 is 33.5. The maximum Gasteiger partial charge on any atom is 0.472 e. The van der Waals surface area contributed by atoms with Crippen molar-refractivity contribution in [3.63, 3.8) is 0 Å². The van der Waals surface area contributed by atoms with E-state index in [1.807, 2.05) is 0 Å². The Balaban J connectivity index is 2.49. The number of allylic oxidation sites excluding steroid dienone is 4. The molecule has 1 rings (SSSR count). The number of phosphoric ester groups is 1. The minimum absolute atomic E-state index is 0.0831. The van der Waals surface area contributed by atoms with Crippen molar-refractivity contribution in [3.8, 4) is 0 Å². The van der Waals surface area contributed by atoms with Gasteiger partial charge in [-0.2, -0.15) is 0 Å². The van der Waals surface area contributed by atoms with Gasteiger partial charge in [0.2, 0.25) is 0 Å². The van der Waals surface area contributed by atoms with Crippen molar-refractivity contribution in [2.24, 2.45) is 0 Å². The van der Waals surface area contributed by atoms with Crippen LogP contribution in [0, 0.1) is 0 Å². The monoisotopic (exact) mass is 835 g/mol. The van der Waals surface area contributed by atoms with Crippen molar-refractivity contribution in [3.05, 3.63) is 24.3 Å². The third kappa shape index (κ3) is 26.9. The predicted octanol–water partition coefficient (Wildman–Crippen LogP) is 8.06. The molecule has 0 aromatic carbocycles. The number of aliphatic hydroxyl groups excluding tert-OH is 5. The smallest absolute Gasteiger partial charge is 0.462 e. The van der Waals surface area contributed by atoms with E-state index >= 15 is 0 Å². The zero-order chi connectivity index (χ0) is 42.2. The van der Waals surface area contributed by atoms with Gasteiger partial charge in [-0.15, -0.1) is 0 Å². The average molecular weight is 835 g/mol. The summed E-state index contributed by atoms with van der Waals surface area (Å²) in [5, 5.41) is 50.1. The Bertz CT molecular complexity index is 1100. The minimum Gasteiger partial charge on any atom is -0.462 e. The van der Waals surface area contributed by atoms with Crippen LogP contribution in [0.15, 0.2) is 24.3 Å². The highest BCUT2D eigenvalue weighted by Crippen LogP contribution is 2.47. The highest BCUT2D eigenvalue weighted by Gasteiger charge is 2.51. The van der Waals surface area contributed by atoms with Crippen molar-refractivity contribution in [1.29, 1.82) is 0 Å². The third-order valence-corrected chi connectivity index (χ3v) is 11.3. The van der Waals surface area contributed by atoms with Crippen LogP contribution in [0.1, 0.15) is 181 Å². The molecule has 0 aromatic heterocycles. The van der Waals surface area contributed by atoms with Crippen molar-refractivity contribution < 1.29 is 63.1 Å². The van der Waals surface area contributed by atoms with Crippen LogP contribution < -0.4 is 0 Å². The Morgan fingerprint density at radius 3 is 1.46 bits per heavy atom. The van der Waals surface area contributed by atoms with Gasteiger partial charge in [0.25, 0.3) is 0 Å². The Kier molecular flexibility index (Phi) is 31.9. The van der Waals surface area contributed by atoms with Crippen LogP contribution in [0.3, 0.4) is 0 Å². The van der Waals surface area contributed by atoms with Crippen molar-refractivity contribution in [1.82, 2.24) is 0 Å². The lowest BCUT2D eigenvalue weighted by molar-refractivity contribution is -0.220. The number of unbranched alkanes of at least 4 members (excludes halogenated alkanes) is 20. The summed E-state index contributed by atoms with van der Waals surface area (Å²) in [6.45, 7) is 3.25. The van der Waals surface area contributed by atoms with Crippen molar-refractivity contribution >= 4 is 19.8 Å². The molecule has 13 nitrogen and oxygen atoms in total. The molecule has 1 fully saturated rings. The van der Waals surface area contributed by atoms with Gasteiger partial charge < -0.3 is 39.9 Å². The normalized spacial score (nSPS) is 22.9. The molecule has 6 N–H and O–H groups in total. The minimum atomic E-state index is -5.11. The number of rotatable bonds is 36. The molecule has 1 saturated carbocycles. The molecule has 0 aliphatic heterocycles. The first-order chi connectivity index (χ1) is 27.4. The molecule has 0 spiro atoms. The van der Waals surface area contributed by atoms with E-state index in [1.54, 1.807) is 0 Å². The van der Waals surface area contributed by atoms with E-state index in [-0.39, 0.29) is 12.8 Å². The maximum atomic E-state index is 12.8. The first kappa shape index (κ1) is 53.3. The summed E-state index contributed by atoms with van der Waals surface area (Å²) in [7, 11) is -5.11. The molecule has 1 aliphatic carbocycles. The molecule has 57 heavy (non-hydrogen) atoms. The van der Waals surface area contributed by atoms with E-state index in [0.717, 1.165) is 64.2 Å². The Labute approximate surface area is 343 Å². The molecule has 0 aromatic rings. The first-order valence-corrected chi connectivity index (χ1v) is 23.6. The highest BCUT2D eigenvalue weighted by atomic mass is 31.2. The Morgan fingerprint density at radius 1 is 0.544 bits per heavy atom. The van der Waals surface area contributed by atoms with Crippen LogP contribution >= 0.6 is 7.82 Å². The molecule has 0 amide bonds. The van der Waals surface area contributed by atoms with Gasteiger partial charge in [0.1, 0.15) is 43.2 Å². The number of phosphoric acid groups is 1. The number of hydrogen-bond acceptors (Lipinski definition) is 12. The van der Waals surface area contributed by atoms with E-state index in [0.29, 0.717) is 12.8 Å². The molecule has 0 bridgehead atoms. The maximum absolute atomic E-state index is 12.8. The fourth-order valence-corrected chi connectivity index (χ4v) is 7.64. The lowest BCUT2D eigenvalue weighted by Crippen LogP contribution is -2.64. The fraction of sp³-hybridized carbons (Fsp3) is 0.860. The lowest BCUT2D eigenvalue weighted by atomic mass is 9.85. The molecule has 8 atom stereocenters. The van der Waals surface area contributed by atoms with Crippen LogP contribution in [-0.2, 0) is 32.7 Å². The SMILES string of the molecule is CCCCC/C=C\C/C=C\CCCCCCCC(=O)O[C@H](COC(=O)CCCCCCCCCCCCCCC)COP(=O)(O)OC1[C@@H](O)[C@H](O)C(O)[C@H](O)[C@@H]1O. The summed E-state index contributed by atoms with van der Waals surface area (Å²) >= 11 is 0. The third-order valence-electron chi connectivity index (χ3n) is 10.3. The van der Waals surface area contributed by atoms with Crippen molar-refractivity contribution in [2.45, 2.75) is 224 Å². The van der Waals surface area contributed by atoms with Crippen LogP contribution in [0.25, 0.3) is 0 Å². The number of esters is 2. The summed E-state index contributed by atoms with van der Waals surface area (Å²) in [6.07, 6.45) is 22.3. The second-order valence-corrected chi connectivity index (χ2v) is 17.0. The van der Waals surface area contributed by atoms with Crippen LogP contribution in [0.2, 0.25) is 0 Å². The van der Waals surface area contributed by atoms with Crippen LogP contribution in [0.4, 0.5) is 0 Å². The summed E-state index contributed by atoms with van der Waals surface area (Å²) in [5.41, 5.74) is 0. The molecule has 334 valence electrons. The van der Waals surface area contributed by atoms with Gasteiger partial charge in [-0.1, -0.05) is 147 Å². The van der Waals surface area contributed by atoms with Crippen molar-refractivity contribution in [2.75, 3.05) is 13.2 Å². The molecule has 0 heterocycles. The van der Waals surface area contributed by atoms with E-state index in [4.69, 9.17) is 18.5 Å². The fourth-order valence-electron chi connectivity index (χ4n) is 6.67. The highest BCUT2D eigenvalue weighted by molar-refractivity contribution is 7.47. The second-order valence-electron chi connectivity index (χ2n) is 15.6. The largest absolute Gasteiger partial charge is 0.472 e. The number of hydrogen-bond donors (Lipinski definition) is 6. The topological polar surface area (TPSA) is 210 Å². The molecule has 14 heteroatoms. The van der Waals surface area contributed by atoms with Gasteiger partial charge in [-0.25, -0.2) is 4.57 Å². The zero-order valence-corrected chi connectivity index (χ0v) is 36.0. The predicted molar refractivity (Wildman–Crippen MR) is 221 cm³/mol. The van der Waals surface area contributed by atoms with E-state index < -0.39 is 75.7 Å². The van der Waals surface area contributed by atoms with Crippen LogP contribution in [-0.4, -0.2) is 98.3 Å². The number of carbonyl (C=O) groups is 2. The molecule has 0 radical (unpaired) electrons.